The molecule has 0 bridgehead atoms. The molecule has 0 radical (unpaired) electrons. The zero-order valence-electron chi connectivity index (χ0n) is 20.8. The number of piperazine rings is 1. The number of hydrogen-bond acceptors (Lipinski definition) is 6. The average molecular weight is 483 g/mol. The molecule has 36 heavy (non-hydrogen) atoms. The molecule has 7 nitrogen and oxygen atoms in total. The van der Waals surface area contributed by atoms with Gasteiger partial charge in [0.25, 0.3) is 0 Å². The Balaban J connectivity index is 1.24. The van der Waals surface area contributed by atoms with E-state index in [1.54, 1.807) is 12.4 Å². The van der Waals surface area contributed by atoms with Gasteiger partial charge >= 0.3 is 0 Å². The van der Waals surface area contributed by atoms with Crippen LogP contribution in [0.25, 0.3) is 5.69 Å². The summed E-state index contributed by atoms with van der Waals surface area (Å²) in [6.07, 6.45) is 5.36. The fraction of sp³-hybridized carbons (Fsp3) is 0.345. The minimum absolute atomic E-state index is 0.418. The molecule has 5 rings (SSSR count). The summed E-state index contributed by atoms with van der Waals surface area (Å²) in [4.78, 5) is 9.19. The van der Waals surface area contributed by atoms with Gasteiger partial charge in [0.15, 0.2) is 5.82 Å². The van der Waals surface area contributed by atoms with Gasteiger partial charge in [0, 0.05) is 43.8 Å². The van der Waals surface area contributed by atoms with E-state index in [0.717, 1.165) is 50.5 Å². The lowest BCUT2D eigenvalue weighted by molar-refractivity contribution is 0.130. The maximum Gasteiger partial charge on any atom is 0.166 e. The summed E-state index contributed by atoms with van der Waals surface area (Å²) in [5.41, 5.74) is 3.57. The molecule has 4 aromatic rings. The van der Waals surface area contributed by atoms with Crippen LogP contribution in [0.5, 0.6) is 0 Å². The van der Waals surface area contributed by atoms with Gasteiger partial charge in [-0.15, -0.1) is 10.2 Å². The summed E-state index contributed by atoms with van der Waals surface area (Å²) in [6.45, 7) is 5.86. The van der Waals surface area contributed by atoms with Gasteiger partial charge in [0.1, 0.15) is 11.9 Å². The number of hydrogen-bond donors (Lipinski definition) is 1. The molecule has 2 unspecified atom stereocenters. The summed E-state index contributed by atoms with van der Waals surface area (Å²) >= 11 is 0. The number of pyridine rings is 1. The first-order chi connectivity index (χ1) is 17.7. The van der Waals surface area contributed by atoms with Gasteiger partial charge in [-0.3, -0.25) is 14.5 Å². The van der Waals surface area contributed by atoms with Gasteiger partial charge < -0.3 is 10.0 Å². The van der Waals surface area contributed by atoms with Gasteiger partial charge in [-0.2, -0.15) is 0 Å². The van der Waals surface area contributed by atoms with Crippen molar-refractivity contribution in [2.24, 2.45) is 0 Å². The van der Waals surface area contributed by atoms with Crippen molar-refractivity contribution in [3.8, 4) is 5.69 Å². The Kier molecular flexibility index (Phi) is 7.69. The molecule has 186 valence electrons. The summed E-state index contributed by atoms with van der Waals surface area (Å²) < 4.78 is 1.92. The van der Waals surface area contributed by atoms with E-state index in [-0.39, 0.29) is 0 Å². The highest BCUT2D eigenvalue weighted by Gasteiger charge is 2.27. The van der Waals surface area contributed by atoms with E-state index in [0.29, 0.717) is 18.3 Å². The van der Waals surface area contributed by atoms with Crippen molar-refractivity contribution in [1.82, 2.24) is 24.6 Å². The van der Waals surface area contributed by atoms with E-state index < -0.39 is 6.10 Å². The summed E-state index contributed by atoms with van der Waals surface area (Å²) in [5, 5.41) is 19.6. The third-order valence-corrected chi connectivity index (χ3v) is 7.03. The minimum Gasteiger partial charge on any atom is -0.385 e. The van der Waals surface area contributed by atoms with Crippen LogP contribution in [0.1, 0.15) is 36.2 Å². The van der Waals surface area contributed by atoms with Crippen molar-refractivity contribution >= 4 is 5.69 Å². The van der Waals surface area contributed by atoms with Gasteiger partial charge in [-0.25, -0.2) is 0 Å². The second-order valence-electron chi connectivity index (χ2n) is 9.47. The van der Waals surface area contributed by atoms with E-state index in [9.17, 15) is 5.11 Å². The van der Waals surface area contributed by atoms with E-state index in [4.69, 9.17) is 0 Å². The largest absolute Gasteiger partial charge is 0.385 e. The molecule has 0 aliphatic carbocycles. The Morgan fingerprint density at radius 1 is 0.889 bits per heavy atom. The number of benzene rings is 2. The number of aliphatic hydroxyl groups is 1. The number of aromatic nitrogens is 4. The number of aliphatic hydroxyl groups excluding tert-OH is 1. The molecule has 3 heterocycles. The Bertz CT molecular complexity index is 1210. The number of para-hydroxylation sites is 1. The molecular formula is C29H34N6O. The summed E-state index contributed by atoms with van der Waals surface area (Å²) in [6, 6.07) is 25.7. The topological polar surface area (TPSA) is 70.3 Å². The van der Waals surface area contributed by atoms with Crippen molar-refractivity contribution < 1.29 is 5.11 Å². The van der Waals surface area contributed by atoms with Crippen LogP contribution in [-0.2, 0) is 6.42 Å². The van der Waals surface area contributed by atoms with Gasteiger partial charge in [-0.1, -0.05) is 48.5 Å². The van der Waals surface area contributed by atoms with Gasteiger partial charge in [-0.05, 0) is 62.6 Å². The van der Waals surface area contributed by atoms with Crippen molar-refractivity contribution in [3.63, 3.8) is 0 Å². The third kappa shape index (κ3) is 5.64. The third-order valence-electron chi connectivity index (χ3n) is 7.03. The Labute approximate surface area is 213 Å². The molecular weight excluding hydrogens is 448 g/mol. The number of anilines is 1. The molecule has 1 aliphatic heterocycles. The number of rotatable bonds is 9. The second-order valence-corrected chi connectivity index (χ2v) is 9.47. The predicted molar refractivity (Wildman–Crippen MR) is 142 cm³/mol. The van der Waals surface area contributed by atoms with Crippen LogP contribution in [-0.4, -0.2) is 62.0 Å². The zero-order valence-corrected chi connectivity index (χ0v) is 20.8. The van der Waals surface area contributed by atoms with Gasteiger partial charge in [0.05, 0.1) is 5.69 Å². The minimum atomic E-state index is -0.669. The predicted octanol–water partition coefficient (Wildman–Crippen LogP) is 4.22. The van der Waals surface area contributed by atoms with Crippen molar-refractivity contribution in [3.05, 3.63) is 102 Å². The van der Waals surface area contributed by atoms with Crippen molar-refractivity contribution in [2.45, 2.75) is 38.3 Å². The lowest BCUT2D eigenvalue weighted by Crippen LogP contribution is -2.54. The van der Waals surface area contributed by atoms with E-state index >= 15 is 0 Å². The highest BCUT2D eigenvalue weighted by atomic mass is 16.3. The molecule has 1 fully saturated rings. The van der Waals surface area contributed by atoms with E-state index in [1.165, 1.54) is 11.3 Å². The average Bonchev–Trinajstić information content (AvgIpc) is 3.32. The standard InChI is InChI=1S/C29H34N6O/c1-23-31-32-29(35(23)26-14-16-30-17-15-26)28(36)13-8-18-33-19-20-34(25-11-6-3-7-12-25)22-27(33)21-24-9-4-2-5-10-24/h2-7,9-12,14-17,27-28,36H,8,13,18-22H2,1H3. The maximum absolute atomic E-state index is 11.0. The summed E-state index contributed by atoms with van der Waals surface area (Å²) in [5.74, 6) is 1.35. The monoisotopic (exact) mass is 482 g/mol. The fourth-order valence-corrected chi connectivity index (χ4v) is 5.16. The molecule has 1 N–H and O–H groups in total. The highest BCUT2D eigenvalue weighted by molar-refractivity contribution is 5.46. The van der Waals surface area contributed by atoms with Gasteiger partial charge in [0.2, 0.25) is 0 Å². The van der Waals surface area contributed by atoms with E-state index in [2.05, 4.69) is 85.6 Å². The number of nitrogens with zero attached hydrogens (tertiary/aromatic N) is 6. The van der Waals surface area contributed by atoms with Crippen LogP contribution in [0.15, 0.2) is 85.2 Å². The Morgan fingerprint density at radius 2 is 1.61 bits per heavy atom. The van der Waals surface area contributed by atoms with Crippen LogP contribution in [0.3, 0.4) is 0 Å². The molecule has 0 saturated carbocycles. The van der Waals surface area contributed by atoms with Crippen molar-refractivity contribution in [2.75, 3.05) is 31.1 Å². The SMILES string of the molecule is Cc1nnc(C(O)CCCN2CCN(c3ccccc3)CC2Cc2ccccc2)n1-c1ccncc1. The van der Waals surface area contributed by atoms with Crippen LogP contribution < -0.4 is 4.90 Å². The van der Waals surface area contributed by atoms with Crippen molar-refractivity contribution in [1.29, 1.82) is 0 Å². The smallest absolute Gasteiger partial charge is 0.166 e. The normalized spacial score (nSPS) is 17.3. The van der Waals surface area contributed by atoms with Crippen LogP contribution in [0.2, 0.25) is 0 Å². The van der Waals surface area contributed by atoms with Crippen LogP contribution >= 0.6 is 0 Å². The van der Waals surface area contributed by atoms with Crippen LogP contribution in [0, 0.1) is 6.92 Å². The molecule has 0 amide bonds. The second kappa shape index (κ2) is 11.5. The lowest BCUT2D eigenvalue weighted by Gasteiger charge is -2.43. The molecule has 2 atom stereocenters. The first kappa shape index (κ1) is 24.2. The molecule has 2 aromatic carbocycles. The molecule has 1 saturated heterocycles. The quantitative estimate of drug-likeness (QED) is 0.385. The molecule has 2 aromatic heterocycles. The first-order valence-electron chi connectivity index (χ1n) is 12.8. The van der Waals surface area contributed by atoms with Crippen LogP contribution in [0.4, 0.5) is 5.69 Å². The maximum atomic E-state index is 11.0. The molecule has 1 aliphatic rings. The zero-order chi connectivity index (χ0) is 24.7. The lowest BCUT2D eigenvalue weighted by atomic mass is 10.0. The number of aryl methyl sites for hydroxylation is 1. The molecule has 0 spiro atoms. The first-order valence-corrected chi connectivity index (χ1v) is 12.8. The summed E-state index contributed by atoms with van der Waals surface area (Å²) in [7, 11) is 0. The van der Waals surface area contributed by atoms with E-state index in [1.807, 2.05) is 23.6 Å². The highest BCUT2D eigenvalue weighted by Crippen LogP contribution is 2.24. The Morgan fingerprint density at radius 3 is 2.36 bits per heavy atom. The molecule has 7 heteroatoms. The Hall–Kier alpha value is -3.55. The fourth-order valence-electron chi connectivity index (χ4n) is 5.16.